The van der Waals surface area contributed by atoms with E-state index in [1.165, 1.54) is 0 Å². The number of anilines is 1. The second-order valence-corrected chi connectivity index (χ2v) is 5.90. The molecule has 0 aromatic heterocycles. The molecule has 2 rings (SSSR count). The van der Waals surface area contributed by atoms with Crippen molar-refractivity contribution in [2.24, 2.45) is 0 Å². The molecule has 0 saturated carbocycles. The van der Waals surface area contributed by atoms with Crippen LogP contribution < -0.4 is 10.1 Å². The number of aryl methyl sites for hydroxylation is 1. The van der Waals surface area contributed by atoms with Crippen LogP contribution in [-0.4, -0.2) is 17.1 Å². The number of carbonyl (C=O) groups excluding carboxylic acids is 1. The van der Waals surface area contributed by atoms with Crippen LogP contribution in [0, 0.1) is 6.92 Å². The number of aliphatic hydroxyl groups is 1. The van der Waals surface area contributed by atoms with E-state index in [0.717, 1.165) is 11.1 Å². The molecule has 5 heteroatoms. The quantitative estimate of drug-likeness (QED) is 0.865. The standard InChI is InChI=1S/C18H20ClNO3/c1-11-9-15(19)7-8-17(11)23-13(3)18(22)20-16-6-4-5-14(10-16)12(2)21/h4-10,12-13,21H,1-3H3,(H,20,22)/t12-,13-/m1/s1. The summed E-state index contributed by atoms with van der Waals surface area (Å²) in [6, 6.07) is 12.3. The van der Waals surface area contributed by atoms with Crippen molar-refractivity contribution in [2.75, 3.05) is 5.32 Å². The lowest BCUT2D eigenvalue weighted by molar-refractivity contribution is -0.122. The lowest BCUT2D eigenvalue weighted by Crippen LogP contribution is -2.30. The van der Waals surface area contributed by atoms with Crippen molar-refractivity contribution in [1.29, 1.82) is 0 Å². The lowest BCUT2D eigenvalue weighted by atomic mass is 10.1. The predicted octanol–water partition coefficient (Wildman–Crippen LogP) is 4.11. The van der Waals surface area contributed by atoms with Crippen molar-refractivity contribution in [1.82, 2.24) is 0 Å². The molecule has 2 aromatic rings. The summed E-state index contributed by atoms with van der Waals surface area (Å²) in [6.07, 6.45) is -1.25. The van der Waals surface area contributed by atoms with Gasteiger partial charge < -0.3 is 15.2 Å². The summed E-state index contributed by atoms with van der Waals surface area (Å²) in [4.78, 5) is 12.3. The number of halogens is 1. The summed E-state index contributed by atoms with van der Waals surface area (Å²) in [6.45, 7) is 5.23. The van der Waals surface area contributed by atoms with Crippen LogP contribution >= 0.6 is 11.6 Å². The number of hydrogen-bond acceptors (Lipinski definition) is 3. The topological polar surface area (TPSA) is 58.6 Å². The van der Waals surface area contributed by atoms with Crippen molar-refractivity contribution in [3.8, 4) is 5.75 Å². The summed E-state index contributed by atoms with van der Waals surface area (Å²) < 4.78 is 5.69. The molecule has 2 atom stereocenters. The number of hydrogen-bond donors (Lipinski definition) is 2. The Labute approximate surface area is 141 Å². The van der Waals surface area contributed by atoms with Crippen LogP contribution in [0.4, 0.5) is 5.69 Å². The van der Waals surface area contributed by atoms with Gasteiger partial charge in [-0.05, 0) is 62.2 Å². The first-order chi connectivity index (χ1) is 10.9. The molecule has 1 amide bonds. The van der Waals surface area contributed by atoms with Gasteiger partial charge in [0.15, 0.2) is 6.10 Å². The van der Waals surface area contributed by atoms with Crippen LogP contribution in [0.2, 0.25) is 5.02 Å². The van der Waals surface area contributed by atoms with E-state index in [2.05, 4.69) is 5.32 Å². The molecule has 122 valence electrons. The zero-order valence-electron chi connectivity index (χ0n) is 13.3. The summed E-state index contributed by atoms with van der Waals surface area (Å²) in [5.41, 5.74) is 2.23. The van der Waals surface area contributed by atoms with Gasteiger partial charge in [-0.25, -0.2) is 0 Å². The van der Waals surface area contributed by atoms with Gasteiger partial charge in [-0.3, -0.25) is 4.79 Å². The molecule has 2 N–H and O–H groups in total. The normalized spacial score (nSPS) is 13.3. The molecular formula is C18H20ClNO3. The van der Waals surface area contributed by atoms with Gasteiger partial charge >= 0.3 is 0 Å². The molecule has 0 aliphatic carbocycles. The van der Waals surface area contributed by atoms with E-state index in [0.29, 0.717) is 16.5 Å². The van der Waals surface area contributed by atoms with E-state index in [9.17, 15) is 9.90 Å². The molecule has 0 saturated heterocycles. The maximum Gasteiger partial charge on any atom is 0.265 e. The molecule has 0 aliphatic rings. The third-order valence-electron chi connectivity index (χ3n) is 3.45. The molecule has 0 heterocycles. The van der Waals surface area contributed by atoms with E-state index in [4.69, 9.17) is 16.3 Å². The number of carbonyl (C=O) groups is 1. The minimum Gasteiger partial charge on any atom is -0.481 e. The zero-order chi connectivity index (χ0) is 17.0. The van der Waals surface area contributed by atoms with E-state index < -0.39 is 12.2 Å². The summed E-state index contributed by atoms with van der Waals surface area (Å²) in [7, 11) is 0. The molecular weight excluding hydrogens is 314 g/mol. The SMILES string of the molecule is Cc1cc(Cl)ccc1O[C@H](C)C(=O)Nc1cccc([C@@H](C)O)c1. The third-order valence-corrected chi connectivity index (χ3v) is 3.68. The van der Waals surface area contributed by atoms with Crippen molar-refractivity contribution in [3.63, 3.8) is 0 Å². The Morgan fingerprint density at radius 2 is 1.96 bits per heavy atom. The Morgan fingerprint density at radius 1 is 1.22 bits per heavy atom. The fourth-order valence-electron chi connectivity index (χ4n) is 2.11. The van der Waals surface area contributed by atoms with Gasteiger partial charge in [0.1, 0.15) is 5.75 Å². The average molecular weight is 334 g/mol. The second-order valence-electron chi connectivity index (χ2n) is 5.46. The van der Waals surface area contributed by atoms with Crippen molar-refractivity contribution in [2.45, 2.75) is 33.0 Å². The molecule has 4 nitrogen and oxygen atoms in total. The van der Waals surface area contributed by atoms with E-state index in [-0.39, 0.29) is 5.91 Å². The number of ether oxygens (including phenoxy) is 1. The van der Waals surface area contributed by atoms with Crippen LogP contribution in [0.3, 0.4) is 0 Å². The molecule has 0 unspecified atom stereocenters. The van der Waals surface area contributed by atoms with E-state index in [1.807, 2.05) is 6.92 Å². The highest BCUT2D eigenvalue weighted by atomic mass is 35.5. The van der Waals surface area contributed by atoms with Crippen LogP contribution in [0.15, 0.2) is 42.5 Å². The highest BCUT2D eigenvalue weighted by Crippen LogP contribution is 2.23. The maximum atomic E-state index is 12.3. The van der Waals surface area contributed by atoms with Gasteiger partial charge in [0.25, 0.3) is 5.91 Å². The van der Waals surface area contributed by atoms with Crippen LogP contribution in [0.5, 0.6) is 5.75 Å². The highest BCUT2D eigenvalue weighted by Gasteiger charge is 2.16. The number of rotatable bonds is 5. The van der Waals surface area contributed by atoms with Gasteiger partial charge in [-0.2, -0.15) is 0 Å². The first kappa shape index (κ1) is 17.3. The van der Waals surface area contributed by atoms with Gasteiger partial charge in [-0.15, -0.1) is 0 Å². The van der Waals surface area contributed by atoms with Crippen molar-refractivity contribution in [3.05, 3.63) is 58.6 Å². The molecule has 0 fully saturated rings. The summed E-state index contributed by atoms with van der Waals surface area (Å²) >= 11 is 5.91. The van der Waals surface area contributed by atoms with E-state index >= 15 is 0 Å². The fourth-order valence-corrected chi connectivity index (χ4v) is 2.34. The molecule has 0 bridgehead atoms. The maximum absolute atomic E-state index is 12.3. The fraction of sp³-hybridized carbons (Fsp3) is 0.278. The Balaban J connectivity index is 2.04. The molecule has 0 radical (unpaired) electrons. The monoisotopic (exact) mass is 333 g/mol. The van der Waals surface area contributed by atoms with Crippen molar-refractivity contribution < 1.29 is 14.6 Å². The average Bonchev–Trinajstić information content (AvgIpc) is 2.50. The molecule has 2 aromatic carbocycles. The van der Waals surface area contributed by atoms with Crippen LogP contribution in [-0.2, 0) is 4.79 Å². The van der Waals surface area contributed by atoms with Gasteiger partial charge in [0.2, 0.25) is 0 Å². The van der Waals surface area contributed by atoms with E-state index in [1.54, 1.807) is 56.3 Å². The first-order valence-corrected chi connectivity index (χ1v) is 7.76. The number of amides is 1. The van der Waals surface area contributed by atoms with Crippen LogP contribution in [0.1, 0.15) is 31.1 Å². The molecule has 23 heavy (non-hydrogen) atoms. The predicted molar refractivity (Wildman–Crippen MR) is 92.0 cm³/mol. The van der Waals surface area contributed by atoms with Gasteiger partial charge in [-0.1, -0.05) is 23.7 Å². The summed E-state index contributed by atoms with van der Waals surface area (Å²) in [5.74, 6) is 0.358. The zero-order valence-corrected chi connectivity index (χ0v) is 14.1. The number of aliphatic hydroxyl groups excluding tert-OH is 1. The molecule has 0 aliphatic heterocycles. The number of nitrogens with one attached hydrogen (secondary N) is 1. The Kier molecular flexibility index (Phi) is 5.64. The largest absolute Gasteiger partial charge is 0.481 e. The minimum absolute atomic E-state index is 0.262. The Morgan fingerprint density at radius 3 is 2.61 bits per heavy atom. The summed E-state index contributed by atoms with van der Waals surface area (Å²) in [5, 5.41) is 13.0. The third kappa shape index (κ3) is 4.71. The first-order valence-electron chi connectivity index (χ1n) is 7.38. The Hall–Kier alpha value is -2.04. The highest BCUT2D eigenvalue weighted by molar-refractivity contribution is 6.30. The number of benzene rings is 2. The minimum atomic E-state index is -0.662. The van der Waals surface area contributed by atoms with Crippen molar-refractivity contribution >= 4 is 23.2 Å². The Bertz CT molecular complexity index is 700. The lowest BCUT2D eigenvalue weighted by Gasteiger charge is -2.17. The molecule has 0 spiro atoms. The van der Waals surface area contributed by atoms with Gasteiger partial charge in [0.05, 0.1) is 6.10 Å². The smallest absolute Gasteiger partial charge is 0.265 e. The van der Waals surface area contributed by atoms with Crippen LogP contribution in [0.25, 0.3) is 0 Å². The second kappa shape index (κ2) is 7.49. The van der Waals surface area contributed by atoms with Gasteiger partial charge in [0, 0.05) is 10.7 Å².